The number of aromatic carboxylic acids is 1. The van der Waals surface area contributed by atoms with Gasteiger partial charge in [0, 0.05) is 13.7 Å². The van der Waals surface area contributed by atoms with Crippen molar-refractivity contribution < 1.29 is 14.6 Å². The highest BCUT2D eigenvalue weighted by Crippen LogP contribution is 2.16. The summed E-state index contributed by atoms with van der Waals surface area (Å²) in [6.45, 7) is 4.31. The van der Waals surface area contributed by atoms with E-state index in [1.165, 1.54) is 12.1 Å². The summed E-state index contributed by atoms with van der Waals surface area (Å²) in [4.78, 5) is 14.8. The van der Waals surface area contributed by atoms with E-state index in [4.69, 9.17) is 21.4 Å². The molecule has 0 aliphatic carbocycles. The molecular formula is C11H15ClN2O3. The van der Waals surface area contributed by atoms with E-state index >= 15 is 0 Å². The zero-order valence-electron chi connectivity index (χ0n) is 9.95. The van der Waals surface area contributed by atoms with Crippen LogP contribution in [0.4, 0.5) is 5.82 Å². The lowest BCUT2D eigenvalue weighted by Crippen LogP contribution is -2.32. The molecule has 1 aromatic heterocycles. The van der Waals surface area contributed by atoms with Gasteiger partial charge < -0.3 is 15.2 Å². The number of anilines is 1. The van der Waals surface area contributed by atoms with Gasteiger partial charge in [-0.3, -0.25) is 0 Å². The molecule has 2 N–H and O–H groups in total. The topological polar surface area (TPSA) is 71.5 Å². The Morgan fingerprint density at radius 2 is 2.24 bits per heavy atom. The van der Waals surface area contributed by atoms with Crippen LogP contribution in [0.25, 0.3) is 0 Å². The van der Waals surface area contributed by atoms with Gasteiger partial charge in [0.25, 0.3) is 0 Å². The summed E-state index contributed by atoms with van der Waals surface area (Å²) in [5.41, 5.74) is -0.268. The Kier molecular flexibility index (Phi) is 4.31. The van der Waals surface area contributed by atoms with Crippen LogP contribution in [0.3, 0.4) is 0 Å². The van der Waals surface area contributed by atoms with Crippen molar-refractivity contribution >= 4 is 23.4 Å². The first-order valence-electron chi connectivity index (χ1n) is 5.04. The maximum absolute atomic E-state index is 10.8. The highest BCUT2D eigenvalue weighted by Gasteiger charge is 2.16. The van der Waals surface area contributed by atoms with Crippen LogP contribution in [0, 0.1) is 0 Å². The molecule has 5 nitrogen and oxygen atoms in total. The number of pyridine rings is 1. The van der Waals surface area contributed by atoms with Crippen LogP contribution in [0.15, 0.2) is 12.1 Å². The molecule has 0 unspecified atom stereocenters. The number of nitrogens with one attached hydrogen (secondary N) is 1. The average molecular weight is 259 g/mol. The molecule has 0 bridgehead atoms. The molecule has 1 heterocycles. The molecular weight excluding hydrogens is 244 g/mol. The lowest BCUT2D eigenvalue weighted by atomic mass is 10.1. The summed E-state index contributed by atoms with van der Waals surface area (Å²) in [6.07, 6.45) is 0. The summed E-state index contributed by atoms with van der Waals surface area (Å²) >= 11 is 5.73. The van der Waals surface area contributed by atoms with Gasteiger partial charge in [-0.2, -0.15) is 0 Å². The van der Waals surface area contributed by atoms with Crippen molar-refractivity contribution in [3.8, 4) is 0 Å². The zero-order valence-corrected chi connectivity index (χ0v) is 10.7. The number of carbonyl (C=O) groups is 1. The van der Waals surface area contributed by atoms with E-state index in [0.29, 0.717) is 12.4 Å². The number of methoxy groups -OCH3 is 1. The Balaban J connectivity index is 2.81. The van der Waals surface area contributed by atoms with E-state index < -0.39 is 5.97 Å². The van der Waals surface area contributed by atoms with Gasteiger partial charge in [-0.05, 0) is 26.0 Å². The monoisotopic (exact) mass is 258 g/mol. The summed E-state index contributed by atoms with van der Waals surface area (Å²) in [5, 5.41) is 12.0. The van der Waals surface area contributed by atoms with Crippen molar-refractivity contribution in [1.82, 2.24) is 4.98 Å². The van der Waals surface area contributed by atoms with Gasteiger partial charge in [-0.15, -0.1) is 0 Å². The highest BCUT2D eigenvalue weighted by molar-refractivity contribution is 6.29. The fraction of sp³-hybridized carbons (Fsp3) is 0.455. The number of carboxylic acid groups (broad SMARTS) is 1. The van der Waals surface area contributed by atoms with Crippen LogP contribution in [-0.4, -0.2) is 35.3 Å². The van der Waals surface area contributed by atoms with Crippen molar-refractivity contribution in [2.75, 3.05) is 19.0 Å². The maximum atomic E-state index is 10.8. The molecule has 0 aliphatic heterocycles. The maximum Gasteiger partial charge on any atom is 0.335 e. The van der Waals surface area contributed by atoms with Crippen LogP contribution < -0.4 is 5.32 Å². The molecule has 0 aliphatic rings. The fourth-order valence-electron chi connectivity index (χ4n) is 1.09. The first-order chi connectivity index (χ1) is 7.84. The van der Waals surface area contributed by atoms with Gasteiger partial charge in [0.15, 0.2) is 0 Å². The smallest absolute Gasteiger partial charge is 0.335 e. The van der Waals surface area contributed by atoms with E-state index in [9.17, 15) is 4.79 Å². The Morgan fingerprint density at radius 3 is 2.76 bits per heavy atom. The SMILES string of the molecule is COC(C)(C)CNc1cc(C(=O)O)cc(Cl)n1. The molecule has 17 heavy (non-hydrogen) atoms. The molecule has 0 spiro atoms. The van der Waals surface area contributed by atoms with Crippen LogP contribution in [0.1, 0.15) is 24.2 Å². The van der Waals surface area contributed by atoms with Crippen molar-refractivity contribution in [2.24, 2.45) is 0 Å². The van der Waals surface area contributed by atoms with Gasteiger partial charge >= 0.3 is 5.97 Å². The third-order valence-corrected chi connectivity index (χ3v) is 2.48. The minimum Gasteiger partial charge on any atom is -0.478 e. The number of hydrogen-bond acceptors (Lipinski definition) is 4. The lowest BCUT2D eigenvalue weighted by molar-refractivity contribution is 0.0343. The second-order valence-corrected chi connectivity index (χ2v) is 4.57. The molecule has 0 saturated carbocycles. The number of halogens is 1. The molecule has 94 valence electrons. The van der Waals surface area contributed by atoms with Crippen LogP contribution >= 0.6 is 11.6 Å². The van der Waals surface area contributed by atoms with Crippen molar-refractivity contribution in [3.05, 3.63) is 22.8 Å². The molecule has 0 aromatic carbocycles. The van der Waals surface area contributed by atoms with E-state index in [1.54, 1.807) is 7.11 Å². The first-order valence-corrected chi connectivity index (χ1v) is 5.42. The predicted octanol–water partition coefficient (Wildman–Crippen LogP) is 2.27. The summed E-state index contributed by atoms with van der Waals surface area (Å²) in [6, 6.07) is 2.73. The second-order valence-electron chi connectivity index (χ2n) is 4.19. The Morgan fingerprint density at radius 1 is 1.59 bits per heavy atom. The molecule has 1 aromatic rings. The quantitative estimate of drug-likeness (QED) is 0.793. The number of nitrogens with zero attached hydrogens (tertiary/aromatic N) is 1. The minimum atomic E-state index is -1.04. The number of ether oxygens (including phenoxy) is 1. The minimum absolute atomic E-state index is 0.0997. The van der Waals surface area contributed by atoms with Gasteiger partial charge in [-0.1, -0.05) is 11.6 Å². The van der Waals surface area contributed by atoms with Gasteiger partial charge in [0.2, 0.25) is 0 Å². The fourth-order valence-corrected chi connectivity index (χ4v) is 1.30. The third-order valence-electron chi connectivity index (χ3n) is 2.29. The number of rotatable bonds is 5. The molecule has 0 fully saturated rings. The molecule has 0 saturated heterocycles. The van der Waals surface area contributed by atoms with E-state index in [-0.39, 0.29) is 16.3 Å². The highest BCUT2D eigenvalue weighted by atomic mass is 35.5. The molecule has 6 heteroatoms. The average Bonchev–Trinajstić information content (AvgIpc) is 2.26. The molecule has 0 radical (unpaired) electrons. The van der Waals surface area contributed by atoms with E-state index in [1.807, 2.05) is 13.8 Å². The van der Waals surface area contributed by atoms with E-state index in [2.05, 4.69) is 10.3 Å². The normalized spacial score (nSPS) is 11.3. The summed E-state index contributed by atoms with van der Waals surface area (Å²) in [7, 11) is 1.61. The van der Waals surface area contributed by atoms with Crippen LogP contribution in [0.5, 0.6) is 0 Å². The van der Waals surface area contributed by atoms with Gasteiger partial charge in [-0.25, -0.2) is 9.78 Å². The summed E-state index contributed by atoms with van der Waals surface area (Å²) < 4.78 is 5.23. The van der Waals surface area contributed by atoms with E-state index in [0.717, 1.165) is 0 Å². The van der Waals surface area contributed by atoms with Crippen LogP contribution in [0.2, 0.25) is 5.15 Å². The van der Waals surface area contributed by atoms with Crippen LogP contribution in [-0.2, 0) is 4.74 Å². The molecule has 1 rings (SSSR count). The standard InChI is InChI=1S/C11H15ClN2O3/c1-11(2,17-3)6-13-9-5-7(10(15)16)4-8(12)14-9/h4-5H,6H2,1-3H3,(H,13,14)(H,15,16). The van der Waals surface area contributed by atoms with Gasteiger partial charge in [0.05, 0.1) is 11.2 Å². The Bertz CT molecular complexity index is 421. The second kappa shape index (κ2) is 5.33. The molecule has 0 amide bonds. The Hall–Kier alpha value is -1.33. The predicted molar refractivity (Wildman–Crippen MR) is 65.8 cm³/mol. The third kappa shape index (κ3) is 4.20. The van der Waals surface area contributed by atoms with Gasteiger partial charge in [0.1, 0.15) is 11.0 Å². The summed E-state index contributed by atoms with van der Waals surface area (Å²) in [5.74, 6) is -0.622. The molecule has 0 atom stereocenters. The van der Waals surface area contributed by atoms with Crippen molar-refractivity contribution in [1.29, 1.82) is 0 Å². The zero-order chi connectivity index (χ0) is 13.1. The lowest BCUT2D eigenvalue weighted by Gasteiger charge is -2.23. The Labute approximate surface area is 105 Å². The van der Waals surface area contributed by atoms with Crippen molar-refractivity contribution in [2.45, 2.75) is 19.4 Å². The number of carboxylic acids is 1. The largest absolute Gasteiger partial charge is 0.478 e. The van der Waals surface area contributed by atoms with Crippen molar-refractivity contribution in [3.63, 3.8) is 0 Å². The first kappa shape index (κ1) is 13.7. The number of hydrogen-bond donors (Lipinski definition) is 2. The number of aromatic nitrogens is 1.